The molecule has 0 aliphatic heterocycles. The maximum atomic E-state index is 10.3. The second-order valence-corrected chi connectivity index (χ2v) is 3.19. The van der Waals surface area contributed by atoms with E-state index in [0.29, 0.717) is 18.0 Å². The van der Waals surface area contributed by atoms with E-state index in [4.69, 9.17) is 5.73 Å². The van der Waals surface area contributed by atoms with Crippen LogP contribution in [-0.4, -0.2) is 34.2 Å². The average molecular weight is 233 g/mol. The van der Waals surface area contributed by atoms with E-state index in [0.717, 1.165) is 5.52 Å². The number of fused-ring (bicyclic) bond motifs is 1. The van der Waals surface area contributed by atoms with Crippen LogP contribution in [0, 0.1) is 0 Å². The van der Waals surface area contributed by atoms with Gasteiger partial charge in [-0.05, 0) is 12.1 Å². The standard InChI is InChI=1S/C10H11N5O2/c11-10(16)17-6-5-13-8-2-1-7-9(15-8)14-4-3-12-7/h1-4H,5-6H2,(H2,11,16)(H,13,14,15). The highest BCUT2D eigenvalue weighted by Crippen LogP contribution is 2.09. The number of anilines is 1. The van der Waals surface area contributed by atoms with E-state index in [1.807, 2.05) is 6.07 Å². The third-order valence-corrected chi connectivity index (χ3v) is 1.98. The number of hydrogen-bond donors (Lipinski definition) is 2. The van der Waals surface area contributed by atoms with Crippen LogP contribution in [0.2, 0.25) is 0 Å². The summed E-state index contributed by atoms with van der Waals surface area (Å²) < 4.78 is 4.57. The number of nitrogens with one attached hydrogen (secondary N) is 1. The molecule has 0 aliphatic rings. The molecule has 17 heavy (non-hydrogen) atoms. The lowest BCUT2D eigenvalue weighted by atomic mass is 10.4. The third-order valence-electron chi connectivity index (χ3n) is 1.98. The van der Waals surface area contributed by atoms with Crippen LogP contribution in [0.1, 0.15) is 0 Å². The van der Waals surface area contributed by atoms with Crippen molar-refractivity contribution < 1.29 is 9.53 Å². The van der Waals surface area contributed by atoms with E-state index in [-0.39, 0.29) is 6.61 Å². The number of ether oxygens (including phenoxy) is 1. The second-order valence-electron chi connectivity index (χ2n) is 3.19. The first kappa shape index (κ1) is 11.1. The van der Waals surface area contributed by atoms with Gasteiger partial charge in [0.1, 0.15) is 17.9 Å². The highest BCUT2D eigenvalue weighted by Gasteiger charge is 1.99. The van der Waals surface area contributed by atoms with Crippen LogP contribution < -0.4 is 11.1 Å². The average Bonchev–Trinajstić information content (AvgIpc) is 2.34. The minimum Gasteiger partial charge on any atom is -0.448 e. The largest absolute Gasteiger partial charge is 0.448 e. The molecule has 2 rings (SSSR count). The van der Waals surface area contributed by atoms with Gasteiger partial charge >= 0.3 is 6.09 Å². The normalized spacial score (nSPS) is 10.1. The molecule has 2 aromatic rings. The van der Waals surface area contributed by atoms with E-state index >= 15 is 0 Å². The number of carbonyl (C=O) groups is 1. The zero-order valence-electron chi connectivity index (χ0n) is 8.96. The predicted molar refractivity (Wildman–Crippen MR) is 61.4 cm³/mol. The Morgan fingerprint density at radius 2 is 2.18 bits per heavy atom. The summed E-state index contributed by atoms with van der Waals surface area (Å²) in [7, 11) is 0. The van der Waals surface area contributed by atoms with E-state index in [1.54, 1.807) is 18.5 Å². The third kappa shape index (κ3) is 3.00. The second kappa shape index (κ2) is 5.06. The quantitative estimate of drug-likeness (QED) is 0.747. The van der Waals surface area contributed by atoms with Crippen LogP contribution in [0.4, 0.5) is 10.6 Å². The number of hydrogen-bond acceptors (Lipinski definition) is 6. The monoisotopic (exact) mass is 233 g/mol. The molecule has 0 atom stereocenters. The molecule has 0 saturated carbocycles. The molecule has 2 aromatic heterocycles. The molecule has 0 saturated heterocycles. The summed E-state index contributed by atoms with van der Waals surface area (Å²) in [6.07, 6.45) is 2.40. The van der Waals surface area contributed by atoms with Crippen molar-refractivity contribution in [3.8, 4) is 0 Å². The van der Waals surface area contributed by atoms with Gasteiger partial charge in [-0.1, -0.05) is 0 Å². The maximum absolute atomic E-state index is 10.3. The fraction of sp³-hybridized carbons (Fsp3) is 0.200. The number of nitrogens with two attached hydrogens (primary N) is 1. The molecule has 1 amide bonds. The summed E-state index contributed by atoms with van der Waals surface area (Å²) >= 11 is 0. The maximum Gasteiger partial charge on any atom is 0.404 e. The number of primary amides is 1. The van der Waals surface area contributed by atoms with Gasteiger partial charge in [0.15, 0.2) is 5.65 Å². The van der Waals surface area contributed by atoms with E-state index in [1.165, 1.54) is 0 Å². The van der Waals surface area contributed by atoms with Crippen LogP contribution in [-0.2, 0) is 4.74 Å². The van der Waals surface area contributed by atoms with Crippen LogP contribution in [0.5, 0.6) is 0 Å². The molecule has 0 aromatic carbocycles. The van der Waals surface area contributed by atoms with Gasteiger partial charge in [-0.15, -0.1) is 0 Å². The molecule has 0 aliphatic carbocycles. The van der Waals surface area contributed by atoms with E-state index < -0.39 is 6.09 Å². The summed E-state index contributed by atoms with van der Waals surface area (Å²) in [5.41, 5.74) is 6.11. The first-order valence-electron chi connectivity index (χ1n) is 4.99. The van der Waals surface area contributed by atoms with Crippen molar-refractivity contribution in [3.05, 3.63) is 24.5 Å². The van der Waals surface area contributed by atoms with Gasteiger partial charge < -0.3 is 15.8 Å². The van der Waals surface area contributed by atoms with Gasteiger partial charge in [-0.2, -0.15) is 0 Å². The first-order valence-corrected chi connectivity index (χ1v) is 4.99. The molecule has 0 bridgehead atoms. The zero-order chi connectivity index (χ0) is 12.1. The van der Waals surface area contributed by atoms with Crippen LogP contribution >= 0.6 is 0 Å². The molecule has 2 heterocycles. The highest BCUT2D eigenvalue weighted by atomic mass is 16.5. The first-order chi connectivity index (χ1) is 8.25. The van der Waals surface area contributed by atoms with Crippen LogP contribution in [0.15, 0.2) is 24.5 Å². The lowest BCUT2D eigenvalue weighted by Crippen LogP contribution is -2.18. The Labute approximate surface area is 97.0 Å². The van der Waals surface area contributed by atoms with Gasteiger partial charge in [0, 0.05) is 12.4 Å². The Morgan fingerprint density at radius 1 is 1.35 bits per heavy atom. The summed E-state index contributed by atoms with van der Waals surface area (Å²) in [4.78, 5) is 22.7. The fourth-order valence-corrected chi connectivity index (χ4v) is 1.28. The SMILES string of the molecule is NC(=O)OCCNc1ccc2nccnc2n1. The summed E-state index contributed by atoms with van der Waals surface area (Å²) in [6, 6.07) is 3.59. The predicted octanol–water partition coefficient (Wildman–Crippen LogP) is 0.532. The van der Waals surface area contributed by atoms with Crippen molar-refractivity contribution >= 4 is 23.1 Å². The molecule has 0 spiro atoms. The van der Waals surface area contributed by atoms with Crippen molar-refractivity contribution in [1.82, 2.24) is 15.0 Å². The molecule has 0 unspecified atom stereocenters. The van der Waals surface area contributed by atoms with Gasteiger partial charge in [0.2, 0.25) is 0 Å². The summed E-state index contributed by atoms with van der Waals surface area (Å²) in [5.74, 6) is 0.645. The van der Waals surface area contributed by atoms with E-state index in [2.05, 4.69) is 25.0 Å². The molecule has 7 heteroatoms. The Hall–Kier alpha value is -2.44. The van der Waals surface area contributed by atoms with Gasteiger partial charge in [-0.3, -0.25) is 4.98 Å². The molecular formula is C10H11N5O2. The molecule has 0 radical (unpaired) electrons. The Bertz CT molecular complexity index is 531. The molecular weight excluding hydrogens is 222 g/mol. The summed E-state index contributed by atoms with van der Waals surface area (Å²) in [5, 5.41) is 2.98. The van der Waals surface area contributed by atoms with Crippen LogP contribution in [0.25, 0.3) is 11.2 Å². The summed E-state index contributed by atoms with van der Waals surface area (Å²) in [6.45, 7) is 0.622. The highest BCUT2D eigenvalue weighted by molar-refractivity contribution is 5.71. The smallest absolute Gasteiger partial charge is 0.404 e. The van der Waals surface area contributed by atoms with Crippen molar-refractivity contribution in [3.63, 3.8) is 0 Å². The Morgan fingerprint density at radius 3 is 3.00 bits per heavy atom. The molecule has 88 valence electrons. The lowest BCUT2D eigenvalue weighted by molar-refractivity contribution is 0.161. The number of rotatable bonds is 4. The number of aromatic nitrogens is 3. The van der Waals surface area contributed by atoms with Gasteiger partial charge in [-0.25, -0.2) is 14.8 Å². The van der Waals surface area contributed by atoms with Crippen molar-refractivity contribution in [1.29, 1.82) is 0 Å². The molecule has 0 fully saturated rings. The number of pyridine rings is 1. The van der Waals surface area contributed by atoms with Gasteiger partial charge in [0.05, 0.1) is 6.54 Å². The number of nitrogens with zero attached hydrogens (tertiary/aromatic N) is 3. The topological polar surface area (TPSA) is 103 Å². The van der Waals surface area contributed by atoms with Crippen molar-refractivity contribution in [2.45, 2.75) is 0 Å². The van der Waals surface area contributed by atoms with Gasteiger partial charge in [0.25, 0.3) is 0 Å². The minimum atomic E-state index is -0.788. The van der Waals surface area contributed by atoms with E-state index in [9.17, 15) is 4.79 Å². The lowest BCUT2D eigenvalue weighted by Gasteiger charge is -2.05. The number of amides is 1. The van der Waals surface area contributed by atoms with Crippen LogP contribution in [0.3, 0.4) is 0 Å². The fourth-order valence-electron chi connectivity index (χ4n) is 1.28. The van der Waals surface area contributed by atoms with Crippen molar-refractivity contribution in [2.24, 2.45) is 5.73 Å². The van der Waals surface area contributed by atoms with Crippen molar-refractivity contribution in [2.75, 3.05) is 18.5 Å². The zero-order valence-corrected chi connectivity index (χ0v) is 8.96. The molecule has 7 nitrogen and oxygen atoms in total. The molecule has 3 N–H and O–H groups in total. The Kier molecular flexibility index (Phi) is 3.29. The number of carbonyl (C=O) groups excluding carboxylic acids is 1. The Balaban J connectivity index is 1.97. The minimum absolute atomic E-state index is 0.190.